The third kappa shape index (κ3) is 4.26. The van der Waals surface area contributed by atoms with Gasteiger partial charge in [-0.15, -0.1) is 0 Å². The molecule has 0 aliphatic heterocycles. The van der Waals surface area contributed by atoms with Gasteiger partial charge in [0, 0.05) is 11.3 Å². The molecule has 3 nitrogen and oxygen atoms in total. The summed E-state index contributed by atoms with van der Waals surface area (Å²) in [7, 11) is 0. The maximum absolute atomic E-state index is 13.7. The molecule has 1 aromatic carbocycles. The van der Waals surface area contributed by atoms with E-state index in [2.05, 4.69) is 19.0 Å². The predicted octanol–water partition coefficient (Wildman–Crippen LogP) is 2.81. The molecule has 1 aromatic rings. The lowest BCUT2D eigenvalue weighted by atomic mass is 10.1. The number of oxime groups is 1. The number of rotatable bonds is 5. The molecule has 1 rings (SSSR count). The molecule has 0 aromatic heterocycles. The Labute approximate surface area is 105 Å². The minimum atomic E-state index is -0.314. The van der Waals surface area contributed by atoms with E-state index in [1.54, 1.807) is 23.9 Å². The van der Waals surface area contributed by atoms with Crippen molar-refractivity contribution in [1.82, 2.24) is 0 Å². The lowest BCUT2D eigenvalue weighted by Crippen LogP contribution is -2.13. The van der Waals surface area contributed by atoms with Crippen molar-refractivity contribution in [3.05, 3.63) is 35.1 Å². The lowest BCUT2D eigenvalue weighted by molar-refractivity contribution is 0.318. The van der Waals surface area contributed by atoms with Crippen LogP contribution in [0.1, 0.15) is 25.0 Å². The van der Waals surface area contributed by atoms with Crippen LogP contribution in [0.2, 0.25) is 0 Å². The Kier molecular flexibility index (Phi) is 5.28. The number of halogens is 1. The molecule has 0 fully saturated rings. The maximum Gasteiger partial charge on any atom is 0.170 e. The summed E-state index contributed by atoms with van der Waals surface area (Å²) in [5, 5.41) is 11.3. The second-order valence-electron chi connectivity index (χ2n) is 4.20. The standard InChI is InChI=1S/C12H17FN2OS/c1-8(2)6-17-7-10-4-3-9(5-11(10)13)12(14)15-16/h3-5,8,16H,6-7H2,1-2H3,(H2,14,15). The molecule has 0 amide bonds. The molecule has 0 unspecified atom stereocenters. The van der Waals surface area contributed by atoms with Gasteiger partial charge in [-0.1, -0.05) is 31.1 Å². The summed E-state index contributed by atoms with van der Waals surface area (Å²) in [6, 6.07) is 4.62. The first-order valence-electron chi connectivity index (χ1n) is 5.38. The topological polar surface area (TPSA) is 58.6 Å². The normalized spacial score (nSPS) is 12.1. The van der Waals surface area contributed by atoms with Crippen LogP contribution in [0.5, 0.6) is 0 Å². The Balaban J connectivity index is 2.70. The van der Waals surface area contributed by atoms with E-state index in [-0.39, 0.29) is 11.7 Å². The number of nitrogens with two attached hydrogens (primary N) is 1. The molecule has 0 atom stereocenters. The van der Waals surface area contributed by atoms with Crippen LogP contribution in [-0.4, -0.2) is 16.8 Å². The zero-order chi connectivity index (χ0) is 12.8. The predicted molar refractivity (Wildman–Crippen MR) is 69.9 cm³/mol. The Bertz CT molecular complexity index is 407. The molecule has 0 aliphatic rings. The van der Waals surface area contributed by atoms with E-state index in [0.29, 0.717) is 22.8 Å². The smallest absolute Gasteiger partial charge is 0.170 e. The number of benzene rings is 1. The van der Waals surface area contributed by atoms with E-state index in [9.17, 15) is 4.39 Å². The number of hydrogen-bond donors (Lipinski definition) is 2. The van der Waals surface area contributed by atoms with Crippen molar-refractivity contribution in [2.24, 2.45) is 16.8 Å². The highest BCUT2D eigenvalue weighted by Gasteiger charge is 2.06. The molecule has 5 heteroatoms. The van der Waals surface area contributed by atoms with Gasteiger partial charge in [0.05, 0.1) is 0 Å². The lowest BCUT2D eigenvalue weighted by Gasteiger charge is -2.07. The first-order valence-corrected chi connectivity index (χ1v) is 6.54. The highest BCUT2D eigenvalue weighted by Crippen LogP contribution is 2.19. The van der Waals surface area contributed by atoms with Crippen molar-refractivity contribution in [3.63, 3.8) is 0 Å². The highest BCUT2D eigenvalue weighted by atomic mass is 32.2. The van der Waals surface area contributed by atoms with Crippen LogP contribution in [0.15, 0.2) is 23.4 Å². The average Bonchev–Trinajstić information content (AvgIpc) is 2.29. The second kappa shape index (κ2) is 6.49. The fraction of sp³-hybridized carbons (Fsp3) is 0.417. The Morgan fingerprint density at radius 3 is 2.76 bits per heavy atom. The van der Waals surface area contributed by atoms with Crippen molar-refractivity contribution >= 4 is 17.6 Å². The van der Waals surface area contributed by atoms with E-state index in [1.165, 1.54) is 6.07 Å². The fourth-order valence-corrected chi connectivity index (χ4v) is 2.33. The van der Waals surface area contributed by atoms with Crippen LogP contribution in [0.4, 0.5) is 4.39 Å². The summed E-state index contributed by atoms with van der Waals surface area (Å²) >= 11 is 1.70. The molecule has 0 radical (unpaired) electrons. The molecule has 0 aliphatic carbocycles. The molecular weight excluding hydrogens is 239 g/mol. The van der Waals surface area contributed by atoms with Crippen molar-refractivity contribution in [2.75, 3.05) is 5.75 Å². The molecule has 0 saturated carbocycles. The summed E-state index contributed by atoms with van der Waals surface area (Å²) in [5.74, 6) is 1.84. The quantitative estimate of drug-likeness (QED) is 0.368. The van der Waals surface area contributed by atoms with Crippen LogP contribution in [0, 0.1) is 11.7 Å². The van der Waals surface area contributed by atoms with Gasteiger partial charge in [0.1, 0.15) is 5.82 Å². The van der Waals surface area contributed by atoms with Crippen LogP contribution in [-0.2, 0) is 5.75 Å². The number of thioether (sulfide) groups is 1. The molecule has 0 saturated heterocycles. The summed E-state index contributed by atoms with van der Waals surface area (Å²) in [4.78, 5) is 0. The Morgan fingerprint density at radius 1 is 1.53 bits per heavy atom. The van der Waals surface area contributed by atoms with Crippen molar-refractivity contribution in [2.45, 2.75) is 19.6 Å². The number of amidine groups is 1. The first kappa shape index (κ1) is 13.8. The van der Waals surface area contributed by atoms with Crippen LogP contribution in [0.3, 0.4) is 0 Å². The number of nitrogens with zero attached hydrogens (tertiary/aromatic N) is 1. The van der Waals surface area contributed by atoms with Gasteiger partial charge in [0.25, 0.3) is 0 Å². The zero-order valence-corrected chi connectivity index (χ0v) is 10.8. The van der Waals surface area contributed by atoms with Crippen LogP contribution in [0.25, 0.3) is 0 Å². The van der Waals surface area contributed by atoms with E-state index in [1.807, 2.05) is 0 Å². The molecular formula is C12H17FN2OS. The van der Waals surface area contributed by atoms with Crippen molar-refractivity contribution in [3.8, 4) is 0 Å². The van der Waals surface area contributed by atoms with E-state index in [4.69, 9.17) is 10.9 Å². The van der Waals surface area contributed by atoms with Crippen molar-refractivity contribution in [1.29, 1.82) is 0 Å². The molecule has 94 valence electrons. The Morgan fingerprint density at radius 2 is 2.24 bits per heavy atom. The zero-order valence-electron chi connectivity index (χ0n) is 9.98. The van der Waals surface area contributed by atoms with E-state index in [0.717, 1.165) is 5.75 Å². The monoisotopic (exact) mass is 256 g/mol. The van der Waals surface area contributed by atoms with Gasteiger partial charge < -0.3 is 10.9 Å². The molecule has 0 heterocycles. The second-order valence-corrected chi connectivity index (χ2v) is 5.23. The third-order valence-electron chi connectivity index (χ3n) is 2.17. The molecule has 0 spiro atoms. The highest BCUT2D eigenvalue weighted by molar-refractivity contribution is 7.98. The minimum absolute atomic E-state index is 0.0784. The van der Waals surface area contributed by atoms with Gasteiger partial charge >= 0.3 is 0 Å². The van der Waals surface area contributed by atoms with Gasteiger partial charge in [0.2, 0.25) is 0 Å². The third-order valence-corrected chi connectivity index (χ3v) is 3.58. The summed E-state index contributed by atoms with van der Waals surface area (Å²) in [6.07, 6.45) is 0. The minimum Gasteiger partial charge on any atom is -0.409 e. The average molecular weight is 256 g/mol. The van der Waals surface area contributed by atoms with E-state index < -0.39 is 0 Å². The van der Waals surface area contributed by atoms with Gasteiger partial charge in [0.15, 0.2) is 5.84 Å². The van der Waals surface area contributed by atoms with Crippen LogP contribution < -0.4 is 5.73 Å². The Hall–Kier alpha value is -1.23. The summed E-state index contributed by atoms with van der Waals surface area (Å²) in [5.41, 5.74) is 6.42. The molecule has 17 heavy (non-hydrogen) atoms. The number of hydrogen-bond acceptors (Lipinski definition) is 3. The maximum atomic E-state index is 13.7. The van der Waals surface area contributed by atoms with Gasteiger partial charge in [-0.25, -0.2) is 4.39 Å². The summed E-state index contributed by atoms with van der Waals surface area (Å²) < 4.78 is 13.7. The van der Waals surface area contributed by atoms with Crippen molar-refractivity contribution < 1.29 is 9.60 Å². The van der Waals surface area contributed by atoms with Gasteiger partial charge in [-0.2, -0.15) is 11.8 Å². The largest absolute Gasteiger partial charge is 0.409 e. The fourth-order valence-electron chi connectivity index (χ4n) is 1.29. The summed E-state index contributed by atoms with van der Waals surface area (Å²) in [6.45, 7) is 4.26. The SMILES string of the molecule is CC(C)CSCc1ccc(/C(N)=N/O)cc1F. The van der Waals surface area contributed by atoms with E-state index >= 15 is 0 Å². The van der Waals surface area contributed by atoms with Gasteiger partial charge in [-0.3, -0.25) is 0 Å². The first-order chi connectivity index (χ1) is 8.04. The van der Waals surface area contributed by atoms with Crippen LogP contribution >= 0.6 is 11.8 Å². The van der Waals surface area contributed by atoms with Gasteiger partial charge in [-0.05, 0) is 23.3 Å². The molecule has 3 N–H and O–H groups in total. The molecule has 0 bridgehead atoms.